The van der Waals surface area contributed by atoms with Gasteiger partial charge in [0, 0.05) is 5.69 Å². The van der Waals surface area contributed by atoms with E-state index in [9.17, 15) is 4.79 Å². The molecule has 1 amide bonds. The Kier molecular flexibility index (Phi) is 5.15. The molecule has 0 aliphatic heterocycles. The minimum atomic E-state index is -0.205. The first-order chi connectivity index (χ1) is 11.7. The number of anilines is 1. The molecule has 0 unspecified atom stereocenters. The largest absolute Gasteiger partial charge is 0.325 e. The van der Waals surface area contributed by atoms with Gasteiger partial charge in [-0.2, -0.15) is 5.26 Å². The van der Waals surface area contributed by atoms with Crippen molar-refractivity contribution in [3.8, 4) is 16.8 Å². The molecule has 2 aromatic heterocycles. The molecule has 9 heteroatoms. The predicted octanol–water partition coefficient (Wildman–Crippen LogP) is 3.79. The van der Waals surface area contributed by atoms with Crippen LogP contribution in [0.3, 0.4) is 0 Å². The third-order valence-electron chi connectivity index (χ3n) is 2.93. The van der Waals surface area contributed by atoms with Gasteiger partial charge in [0.1, 0.15) is 6.07 Å². The maximum absolute atomic E-state index is 12.0. The molecule has 0 bridgehead atoms. The molecular formula is C15H10ClN5OS2. The number of rotatable bonds is 5. The Morgan fingerprint density at radius 1 is 1.46 bits per heavy atom. The van der Waals surface area contributed by atoms with Crippen LogP contribution >= 0.6 is 34.7 Å². The van der Waals surface area contributed by atoms with Crippen LogP contribution < -0.4 is 5.32 Å². The van der Waals surface area contributed by atoms with Crippen molar-refractivity contribution < 1.29 is 4.79 Å². The number of aromatic amines is 1. The third-order valence-corrected chi connectivity index (χ3v) is 4.96. The molecule has 120 valence electrons. The van der Waals surface area contributed by atoms with Gasteiger partial charge in [-0.15, -0.1) is 16.4 Å². The highest BCUT2D eigenvalue weighted by Gasteiger charge is 2.10. The lowest BCUT2D eigenvalue weighted by Gasteiger charge is -2.05. The molecule has 0 spiro atoms. The SMILES string of the molecule is N#Cc1ccc(NC(=O)CSc2n[nH]c(-c3cccs3)n2)cc1Cl. The molecule has 2 heterocycles. The quantitative estimate of drug-likeness (QED) is 0.661. The number of amides is 1. The van der Waals surface area contributed by atoms with E-state index >= 15 is 0 Å². The van der Waals surface area contributed by atoms with Crippen LogP contribution in [0.25, 0.3) is 10.7 Å². The van der Waals surface area contributed by atoms with E-state index in [0.29, 0.717) is 27.3 Å². The zero-order chi connectivity index (χ0) is 16.9. The Morgan fingerprint density at radius 3 is 3.04 bits per heavy atom. The van der Waals surface area contributed by atoms with Crippen molar-refractivity contribution in [1.82, 2.24) is 15.2 Å². The number of carbonyl (C=O) groups excluding carboxylic acids is 1. The minimum Gasteiger partial charge on any atom is -0.325 e. The number of hydrogen-bond acceptors (Lipinski definition) is 6. The van der Waals surface area contributed by atoms with Crippen molar-refractivity contribution in [2.24, 2.45) is 0 Å². The highest BCUT2D eigenvalue weighted by Crippen LogP contribution is 2.24. The second kappa shape index (κ2) is 7.49. The molecule has 1 aromatic carbocycles. The van der Waals surface area contributed by atoms with Crippen molar-refractivity contribution >= 4 is 46.3 Å². The average Bonchev–Trinajstić information content (AvgIpc) is 3.24. The first kappa shape index (κ1) is 16.5. The molecule has 0 saturated heterocycles. The lowest BCUT2D eigenvalue weighted by molar-refractivity contribution is -0.113. The first-order valence-corrected chi connectivity index (χ1v) is 8.98. The van der Waals surface area contributed by atoms with Gasteiger partial charge >= 0.3 is 0 Å². The second-order valence-corrected chi connectivity index (χ2v) is 6.88. The number of thioether (sulfide) groups is 1. The molecule has 0 aliphatic carbocycles. The van der Waals surface area contributed by atoms with Crippen molar-refractivity contribution in [2.45, 2.75) is 5.16 Å². The van der Waals surface area contributed by atoms with Crippen LogP contribution in [0.1, 0.15) is 5.56 Å². The van der Waals surface area contributed by atoms with E-state index in [1.165, 1.54) is 11.8 Å². The van der Waals surface area contributed by atoms with Gasteiger partial charge in [0.05, 0.1) is 21.2 Å². The van der Waals surface area contributed by atoms with Gasteiger partial charge in [-0.25, -0.2) is 4.98 Å². The molecule has 24 heavy (non-hydrogen) atoms. The van der Waals surface area contributed by atoms with Crippen molar-refractivity contribution in [1.29, 1.82) is 5.26 Å². The number of nitrogens with one attached hydrogen (secondary N) is 2. The summed E-state index contributed by atoms with van der Waals surface area (Å²) in [6, 6.07) is 10.6. The van der Waals surface area contributed by atoms with E-state index < -0.39 is 0 Å². The number of hydrogen-bond donors (Lipinski definition) is 2. The molecule has 0 aliphatic rings. The van der Waals surface area contributed by atoms with E-state index in [4.69, 9.17) is 16.9 Å². The van der Waals surface area contributed by atoms with E-state index in [1.807, 2.05) is 23.6 Å². The lowest BCUT2D eigenvalue weighted by Crippen LogP contribution is -2.14. The molecule has 6 nitrogen and oxygen atoms in total. The van der Waals surface area contributed by atoms with Crippen LogP contribution in [0.2, 0.25) is 5.02 Å². The molecule has 3 aromatic rings. The summed E-state index contributed by atoms with van der Waals surface area (Å²) in [4.78, 5) is 17.3. The highest BCUT2D eigenvalue weighted by molar-refractivity contribution is 7.99. The fraction of sp³-hybridized carbons (Fsp3) is 0.0667. The summed E-state index contributed by atoms with van der Waals surface area (Å²) >= 11 is 8.73. The summed E-state index contributed by atoms with van der Waals surface area (Å²) < 4.78 is 0. The summed E-state index contributed by atoms with van der Waals surface area (Å²) in [5.74, 6) is 0.648. The van der Waals surface area contributed by atoms with Gasteiger partial charge in [-0.05, 0) is 29.6 Å². The number of carbonyl (C=O) groups is 1. The fourth-order valence-corrected chi connectivity index (χ4v) is 3.33. The monoisotopic (exact) mass is 375 g/mol. The Balaban J connectivity index is 1.56. The number of nitriles is 1. The summed E-state index contributed by atoms with van der Waals surface area (Å²) in [6.07, 6.45) is 0. The van der Waals surface area contributed by atoms with Crippen LogP contribution in [0.15, 0.2) is 40.9 Å². The third kappa shape index (κ3) is 3.94. The van der Waals surface area contributed by atoms with Gasteiger partial charge < -0.3 is 5.32 Å². The number of H-pyrrole nitrogens is 1. The number of halogens is 1. The number of aromatic nitrogens is 3. The van der Waals surface area contributed by atoms with Gasteiger partial charge in [0.2, 0.25) is 11.1 Å². The minimum absolute atomic E-state index is 0.166. The number of benzene rings is 1. The fourth-order valence-electron chi connectivity index (χ4n) is 1.85. The van der Waals surface area contributed by atoms with Gasteiger partial charge in [0.15, 0.2) is 5.82 Å². The Labute approximate surface area is 150 Å². The van der Waals surface area contributed by atoms with Gasteiger partial charge in [-0.1, -0.05) is 29.4 Å². The Bertz CT molecular complexity index is 901. The molecule has 0 atom stereocenters. The van der Waals surface area contributed by atoms with E-state index in [1.54, 1.807) is 29.5 Å². The molecular weight excluding hydrogens is 366 g/mol. The van der Waals surface area contributed by atoms with Crippen molar-refractivity contribution in [3.63, 3.8) is 0 Å². The molecule has 2 N–H and O–H groups in total. The van der Waals surface area contributed by atoms with Crippen LogP contribution in [0.5, 0.6) is 0 Å². The van der Waals surface area contributed by atoms with Crippen molar-refractivity contribution in [2.75, 3.05) is 11.1 Å². The smallest absolute Gasteiger partial charge is 0.234 e. The lowest BCUT2D eigenvalue weighted by atomic mass is 10.2. The molecule has 0 saturated carbocycles. The molecule has 0 fully saturated rings. The van der Waals surface area contributed by atoms with Crippen LogP contribution in [0.4, 0.5) is 5.69 Å². The second-order valence-electron chi connectivity index (χ2n) is 4.59. The van der Waals surface area contributed by atoms with Crippen LogP contribution in [0, 0.1) is 11.3 Å². The van der Waals surface area contributed by atoms with Crippen LogP contribution in [-0.4, -0.2) is 26.8 Å². The predicted molar refractivity (Wildman–Crippen MR) is 95.2 cm³/mol. The van der Waals surface area contributed by atoms with E-state index in [-0.39, 0.29) is 11.7 Å². The van der Waals surface area contributed by atoms with Gasteiger partial charge in [-0.3, -0.25) is 9.89 Å². The summed E-state index contributed by atoms with van der Waals surface area (Å²) in [6.45, 7) is 0. The van der Waals surface area contributed by atoms with E-state index in [0.717, 1.165) is 4.88 Å². The standard InChI is InChI=1S/C15H10ClN5OS2/c16-11-6-10(4-3-9(11)7-17)18-13(22)8-24-15-19-14(20-21-15)12-2-1-5-23-12/h1-6H,8H2,(H,18,22)(H,19,20,21). The highest BCUT2D eigenvalue weighted by atomic mass is 35.5. The van der Waals surface area contributed by atoms with Gasteiger partial charge in [0.25, 0.3) is 0 Å². The maximum Gasteiger partial charge on any atom is 0.234 e. The normalized spacial score (nSPS) is 10.3. The molecule has 0 radical (unpaired) electrons. The first-order valence-electron chi connectivity index (χ1n) is 6.74. The zero-order valence-electron chi connectivity index (χ0n) is 12.1. The van der Waals surface area contributed by atoms with E-state index in [2.05, 4.69) is 20.5 Å². The average molecular weight is 376 g/mol. The summed E-state index contributed by atoms with van der Waals surface area (Å²) in [5, 5.41) is 21.3. The zero-order valence-corrected chi connectivity index (χ0v) is 14.5. The number of thiophene rings is 1. The Morgan fingerprint density at radius 2 is 2.33 bits per heavy atom. The van der Waals surface area contributed by atoms with Crippen molar-refractivity contribution in [3.05, 3.63) is 46.3 Å². The maximum atomic E-state index is 12.0. The van der Waals surface area contributed by atoms with Crippen LogP contribution in [-0.2, 0) is 4.79 Å². The number of nitrogens with zero attached hydrogens (tertiary/aromatic N) is 3. The topological polar surface area (TPSA) is 94.5 Å². The molecule has 3 rings (SSSR count). The summed E-state index contributed by atoms with van der Waals surface area (Å²) in [7, 11) is 0. The summed E-state index contributed by atoms with van der Waals surface area (Å²) in [5.41, 5.74) is 0.907. The Hall–Kier alpha value is -2.34.